The van der Waals surface area contributed by atoms with Crippen molar-refractivity contribution < 1.29 is 4.74 Å². The fourth-order valence-electron chi connectivity index (χ4n) is 1.77. The zero-order valence-electron chi connectivity index (χ0n) is 10.5. The van der Waals surface area contributed by atoms with Gasteiger partial charge in [0.25, 0.3) is 5.78 Å². The van der Waals surface area contributed by atoms with Gasteiger partial charge in [0, 0.05) is 12.3 Å². The lowest BCUT2D eigenvalue weighted by atomic mass is 10.2. The molecule has 2 heterocycles. The van der Waals surface area contributed by atoms with E-state index in [1.165, 1.54) is 6.33 Å². The Balaban J connectivity index is 1.84. The van der Waals surface area contributed by atoms with E-state index in [1.807, 2.05) is 13.0 Å². The summed E-state index contributed by atoms with van der Waals surface area (Å²) in [4.78, 5) is 8.42. The smallest absolute Gasteiger partial charge is 0.252 e. The summed E-state index contributed by atoms with van der Waals surface area (Å²) in [7, 11) is 0. The Hall–Kier alpha value is -1.85. The average Bonchev–Trinajstić information content (AvgIpc) is 2.90. The lowest BCUT2D eigenvalue weighted by Gasteiger charge is -2.14. The molecule has 0 aliphatic heterocycles. The van der Waals surface area contributed by atoms with Crippen LogP contribution in [0.1, 0.15) is 18.7 Å². The zero-order chi connectivity index (χ0) is 14.1. The van der Waals surface area contributed by atoms with E-state index in [-0.39, 0.29) is 6.10 Å². The molecule has 0 fully saturated rings. The number of ether oxygens (including phenoxy) is 1. The van der Waals surface area contributed by atoms with Gasteiger partial charge in [-0.3, -0.25) is 0 Å². The molecule has 7 heteroatoms. The van der Waals surface area contributed by atoms with Crippen LogP contribution in [0.5, 0.6) is 5.75 Å². The van der Waals surface area contributed by atoms with Crippen molar-refractivity contribution in [3.63, 3.8) is 0 Å². The Kier molecular flexibility index (Phi) is 3.46. The number of aromatic nitrogens is 4. The third-order valence-electron chi connectivity index (χ3n) is 2.79. The number of nitrogens with zero attached hydrogens (tertiary/aromatic N) is 4. The first-order valence-corrected chi connectivity index (χ1v) is 6.67. The highest BCUT2D eigenvalue weighted by Gasteiger charge is 2.11. The van der Waals surface area contributed by atoms with E-state index in [4.69, 9.17) is 27.9 Å². The molecule has 0 saturated heterocycles. The molecule has 0 amide bonds. The Bertz CT molecular complexity index is 759. The predicted molar refractivity (Wildman–Crippen MR) is 76.3 cm³/mol. The van der Waals surface area contributed by atoms with Gasteiger partial charge in [-0.2, -0.15) is 10.1 Å². The minimum absolute atomic E-state index is 0.242. The second kappa shape index (κ2) is 5.26. The van der Waals surface area contributed by atoms with Gasteiger partial charge in [0.15, 0.2) is 0 Å². The quantitative estimate of drug-likeness (QED) is 0.742. The van der Waals surface area contributed by atoms with Crippen molar-refractivity contribution in [1.82, 2.24) is 19.6 Å². The molecule has 3 aromatic rings. The normalized spacial score (nSPS) is 12.6. The van der Waals surface area contributed by atoms with Gasteiger partial charge in [-0.1, -0.05) is 23.2 Å². The van der Waals surface area contributed by atoms with Crippen molar-refractivity contribution in [1.29, 1.82) is 0 Å². The van der Waals surface area contributed by atoms with Gasteiger partial charge in [-0.15, -0.1) is 0 Å². The fraction of sp³-hybridized carbons (Fsp3) is 0.154. The van der Waals surface area contributed by atoms with Gasteiger partial charge in [-0.25, -0.2) is 9.50 Å². The largest absolute Gasteiger partial charge is 0.484 e. The van der Waals surface area contributed by atoms with Crippen molar-refractivity contribution in [3.8, 4) is 5.75 Å². The molecule has 0 spiro atoms. The number of hydrogen-bond acceptors (Lipinski definition) is 4. The van der Waals surface area contributed by atoms with Crippen LogP contribution in [0, 0.1) is 0 Å². The maximum atomic E-state index is 5.96. The van der Waals surface area contributed by atoms with Gasteiger partial charge in [0.05, 0.1) is 15.7 Å². The van der Waals surface area contributed by atoms with E-state index < -0.39 is 0 Å². The van der Waals surface area contributed by atoms with Crippen LogP contribution in [0.25, 0.3) is 5.78 Å². The molecule has 0 N–H and O–H groups in total. The number of fused-ring (bicyclic) bond motifs is 1. The Morgan fingerprint density at radius 1 is 1.20 bits per heavy atom. The standard InChI is InChI=1S/C13H10Cl2N4O/c1-8(20-9-2-3-10(14)11(15)6-9)12-4-5-19-13(18-12)16-7-17-19/h2-8H,1H3. The van der Waals surface area contributed by atoms with Crippen molar-refractivity contribution in [3.05, 3.63) is 52.5 Å². The lowest BCUT2D eigenvalue weighted by Crippen LogP contribution is -2.07. The number of halogens is 2. The topological polar surface area (TPSA) is 52.3 Å². The summed E-state index contributed by atoms with van der Waals surface area (Å²) >= 11 is 11.8. The molecule has 1 unspecified atom stereocenters. The number of benzene rings is 1. The molecule has 0 aliphatic rings. The van der Waals surface area contributed by atoms with E-state index in [0.29, 0.717) is 21.6 Å². The van der Waals surface area contributed by atoms with Gasteiger partial charge < -0.3 is 4.74 Å². The van der Waals surface area contributed by atoms with E-state index in [0.717, 1.165) is 5.69 Å². The molecule has 2 aromatic heterocycles. The van der Waals surface area contributed by atoms with Gasteiger partial charge in [0.1, 0.15) is 18.2 Å². The zero-order valence-corrected chi connectivity index (χ0v) is 12.0. The van der Waals surface area contributed by atoms with Crippen LogP contribution < -0.4 is 4.74 Å². The first-order chi connectivity index (χ1) is 9.63. The first kappa shape index (κ1) is 13.1. The summed E-state index contributed by atoms with van der Waals surface area (Å²) in [5.74, 6) is 1.17. The van der Waals surface area contributed by atoms with Crippen LogP contribution in [-0.4, -0.2) is 19.6 Å². The average molecular weight is 309 g/mol. The summed E-state index contributed by atoms with van der Waals surface area (Å²) < 4.78 is 7.39. The Morgan fingerprint density at radius 2 is 2.05 bits per heavy atom. The van der Waals surface area contributed by atoms with Crippen molar-refractivity contribution >= 4 is 29.0 Å². The van der Waals surface area contributed by atoms with Crippen LogP contribution in [0.2, 0.25) is 10.0 Å². The number of hydrogen-bond donors (Lipinski definition) is 0. The molecule has 0 bridgehead atoms. The maximum Gasteiger partial charge on any atom is 0.252 e. The molecule has 102 valence electrons. The molecule has 0 aliphatic carbocycles. The minimum Gasteiger partial charge on any atom is -0.484 e. The second-order valence-corrected chi connectivity index (χ2v) is 5.01. The molecule has 5 nitrogen and oxygen atoms in total. The predicted octanol–water partition coefficient (Wildman–Crippen LogP) is 3.57. The Morgan fingerprint density at radius 3 is 2.85 bits per heavy atom. The van der Waals surface area contributed by atoms with E-state index in [9.17, 15) is 0 Å². The van der Waals surface area contributed by atoms with Crippen LogP contribution in [0.4, 0.5) is 0 Å². The maximum absolute atomic E-state index is 5.96. The SMILES string of the molecule is CC(Oc1ccc(Cl)c(Cl)c1)c1ccn2ncnc2n1. The van der Waals surface area contributed by atoms with Crippen molar-refractivity contribution in [2.24, 2.45) is 0 Å². The first-order valence-electron chi connectivity index (χ1n) is 5.91. The second-order valence-electron chi connectivity index (χ2n) is 4.19. The minimum atomic E-state index is -0.242. The highest BCUT2D eigenvalue weighted by molar-refractivity contribution is 6.42. The van der Waals surface area contributed by atoms with Crippen molar-refractivity contribution in [2.45, 2.75) is 13.0 Å². The molecular formula is C13H10Cl2N4O. The highest BCUT2D eigenvalue weighted by atomic mass is 35.5. The summed E-state index contributed by atoms with van der Waals surface area (Å²) in [6.45, 7) is 1.90. The molecule has 1 atom stereocenters. The summed E-state index contributed by atoms with van der Waals surface area (Å²) in [5.41, 5.74) is 0.761. The third-order valence-corrected chi connectivity index (χ3v) is 3.53. The fourth-order valence-corrected chi connectivity index (χ4v) is 2.06. The van der Waals surface area contributed by atoms with Gasteiger partial charge in [0.2, 0.25) is 0 Å². The summed E-state index contributed by atoms with van der Waals surface area (Å²) in [5, 5.41) is 4.95. The Labute approximate surface area is 125 Å². The summed E-state index contributed by atoms with van der Waals surface area (Å²) in [6, 6.07) is 6.97. The van der Waals surface area contributed by atoms with Crippen LogP contribution >= 0.6 is 23.2 Å². The highest BCUT2D eigenvalue weighted by Crippen LogP contribution is 2.28. The lowest BCUT2D eigenvalue weighted by molar-refractivity contribution is 0.222. The van der Waals surface area contributed by atoms with E-state index >= 15 is 0 Å². The summed E-state index contributed by atoms with van der Waals surface area (Å²) in [6.07, 6.45) is 3.00. The molecule has 20 heavy (non-hydrogen) atoms. The molecule has 3 rings (SSSR count). The van der Waals surface area contributed by atoms with Crippen LogP contribution in [0.15, 0.2) is 36.8 Å². The van der Waals surface area contributed by atoms with E-state index in [1.54, 1.807) is 28.9 Å². The third kappa shape index (κ3) is 2.55. The molecule has 1 aromatic carbocycles. The number of rotatable bonds is 3. The van der Waals surface area contributed by atoms with Gasteiger partial charge in [-0.05, 0) is 25.1 Å². The molecular weight excluding hydrogens is 299 g/mol. The molecule has 0 saturated carbocycles. The van der Waals surface area contributed by atoms with Crippen LogP contribution in [0.3, 0.4) is 0 Å². The van der Waals surface area contributed by atoms with E-state index in [2.05, 4.69) is 15.1 Å². The van der Waals surface area contributed by atoms with Crippen LogP contribution in [-0.2, 0) is 0 Å². The molecule has 0 radical (unpaired) electrons. The van der Waals surface area contributed by atoms with Crippen molar-refractivity contribution in [2.75, 3.05) is 0 Å². The van der Waals surface area contributed by atoms with Gasteiger partial charge >= 0.3 is 0 Å². The monoisotopic (exact) mass is 308 g/mol.